The fraction of sp³-hybridized carbons (Fsp3) is 0.375. The first-order valence-electron chi connectivity index (χ1n) is 7.64. The highest BCUT2D eigenvalue weighted by Gasteiger charge is 2.45. The van der Waals surface area contributed by atoms with Crippen molar-refractivity contribution in [2.75, 3.05) is 18.1 Å². The van der Waals surface area contributed by atoms with E-state index in [-0.39, 0.29) is 15.7 Å². The number of benzene rings is 1. The zero-order valence-electron chi connectivity index (χ0n) is 13.0. The van der Waals surface area contributed by atoms with Gasteiger partial charge in [0.1, 0.15) is 4.21 Å². The molecule has 1 aromatic heterocycles. The predicted octanol–water partition coefficient (Wildman–Crippen LogP) is 1.52. The maximum atomic E-state index is 12.7. The van der Waals surface area contributed by atoms with Gasteiger partial charge in [-0.05, 0) is 30.0 Å². The molecule has 0 amide bonds. The first kappa shape index (κ1) is 17.6. The molecule has 0 spiro atoms. The molecule has 1 N–H and O–H groups in total. The normalized spacial score (nSPS) is 23.3. The molecule has 130 valence electrons. The van der Waals surface area contributed by atoms with Gasteiger partial charge in [-0.3, -0.25) is 0 Å². The van der Waals surface area contributed by atoms with E-state index in [0.717, 1.165) is 23.3 Å². The first-order valence-corrected chi connectivity index (χ1v) is 11.9. The Bertz CT molecular complexity index is 875. The smallest absolute Gasteiger partial charge is 0.193 e. The quantitative estimate of drug-likeness (QED) is 0.815. The topological polar surface area (TPSA) is 80.3 Å². The number of hydrogen-bond acceptors (Lipinski definition) is 6. The molecule has 2 heterocycles. The Labute approximate surface area is 146 Å². The molecule has 2 aromatic rings. The molecule has 5 nitrogen and oxygen atoms in total. The lowest BCUT2D eigenvalue weighted by atomic mass is 10.1. The molecule has 1 aliphatic rings. The molecule has 0 radical (unpaired) electrons. The zero-order chi connectivity index (χ0) is 17.2. The molecule has 1 saturated heterocycles. The maximum Gasteiger partial charge on any atom is 0.193 e. The molecule has 3 rings (SSSR count). The van der Waals surface area contributed by atoms with Gasteiger partial charge in [0.15, 0.2) is 19.7 Å². The van der Waals surface area contributed by atoms with Crippen molar-refractivity contribution >= 4 is 31.0 Å². The molecule has 0 aliphatic carbocycles. The van der Waals surface area contributed by atoms with E-state index >= 15 is 0 Å². The molecule has 8 heteroatoms. The SMILES string of the molecule is O=S1(=O)C[C@H](NCCc2ccccc2)[C@@H](S(=O)(=O)c2cccs2)C1. The van der Waals surface area contributed by atoms with Gasteiger partial charge >= 0.3 is 0 Å². The second-order valence-corrected chi connectivity index (χ2v) is 11.4. The highest BCUT2D eigenvalue weighted by molar-refractivity contribution is 7.97. The van der Waals surface area contributed by atoms with Crippen molar-refractivity contribution in [3.63, 3.8) is 0 Å². The van der Waals surface area contributed by atoms with E-state index in [2.05, 4.69) is 5.32 Å². The largest absolute Gasteiger partial charge is 0.311 e. The Morgan fingerprint density at radius 3 is 2.50 bits per heavy atom. The Morgan fingerprint density at radius 1 is 1.08 bits per heavy atom. The number of sulfone groups is 2. The molecular weight excluding hydrogens is 366 g/mol. The molecule has 0 saturated carbocycles. The minimum atomic E-state index is -3.63. The molecule has 1 aromatic carbocycles. The summed E-state index contributed by atoms with van der Waals surface area (Å²) in [5.41, 5.74) is 1.13. The van der Waals surface area contributed by atoms with E-state index in [4.69, 9.17) is 0 Å². The van der Waals surface area contributed by atoms with Crippen LogP contribution in [0.5, 0.6) is 0 Å². The fourth-order valence-corrected chi connectivity index (χ4v) is 8.87. The van der Waals surface area contributed by atoms with Crippen LogP contribution in [0.3, 0.4) is 0 Å². The Hall–Kier alpha value is -1.22. The summed E-state index contributed by atoms with van der Waals surface area (Å²) in [6.45, 7) is 0.542. The minimum Gasteiger partial charge on any atom is -0.311 e. The summed E-state index contributed by atoms with van der Waals surface area (Å²) in [5.74, 6) is -0.437. The van der Waals surface area contributed by atoms with Crippen molar-refractivity contribution in [2.24, 2.45) is 0 Å². The second-order valence-electron chi connectivity index (χ2n) is 5.89. The molecule has 2 atom stereocenters. The van der Waals surface area contributed by atoms with E-state index in [9.17, 15) is 16.8 Å². The van der Waals surface area contributed by atoms with Crippen LogP contribution < -0.4 is 5.32 Å². The number of nitrogens with one attached hydrogen (secondary N) is 1. The summed E-state index contributed by atoms with van der Waals surface area (Å²) >= 11 is 1.13. The average molecular weight is 386 g/mol. The van der Waals surface area contributed by atoms with Gasteiger partial charge in [-0.15, -0.1) is 11.3 Å². The second kappa shape index (κ2) is 6.95. The van der Waals surface area contributed by atoms with Crippen LogP contribution in [0.4, 0.5) is 0 Å². The molecular formula is C16H19NO4S3. The van der Waals surface area contributed by atoms with Crippen molar-refractivity contribution in [2.45, 2.75) is 21.9 Å². The molecule has 24 heavy (non-hydrogen) atoms. The minimum absolute atomic E-state index is 0.128. The van der Waals surface area contributed by atoms with Crippen LogP contribution in [-0.2, 0) is 26.1 Å². The van der Waals surface area contributed by atoms with Crippen LogP contribution in [0, 0.1) is 0 Å². The van der Waals surface area contributed by atoms with E-state index in [1.54, 1.807) is 11.4 Å². The van der Waals surface area contributed by atoms with Crippen LogP contribution in [0.1, 0.15) is 5.56 Å². The van der Waals surface area contributed by atoms with Crippen molar-refractivity contribution in [3.05, 3.63) is 53.4 Å². The maximum absolute atomic E-state index is 12.7. The third-order valence-corrected chi connectivity index (χ3v) is 9.72. The molecule has 1 fully saturated rings. The summed E-state index contributed by atoms with van der Waals surface area (Å²) in [4.78, 5) is 0. The van der Waals surface area contributed by atoms with E-state index in [0.29, 0.717) is 6.54 Å². The Balaban J connectivity index is 1.73. The Morgan fingerprint density at radius 2 is 1.83 bits per heavy atom. The summed E-state index contributed by atoms with van der Waals surface area (Å²) in [6, 6.07) is 12.4. The van der Waals surface area contributed by atoms with Crippen molar-refractivity contribution in [1.29, 1.82) is 0 Å². The van der Waals surface area contributed by atoms with E-state index in [1.807, 2.05) is 30.3 Å². The van der Waals surface area contributed by atoms with Gasteiger partial charge in [0.05, 0.1) is 16.8 Å². The lowest BCUT2D eigenvalue weighted by Crippen LogP contribution is -2.43. The van der Waals surface area contributed by atoms with Gasteiger partial charge < -0.3 is 5.32 Å². The molecule has 1 aliphatic heterocycles. The van der Waals surface area contributed by atoms with Crippen molar-refractivity contribution < 1.29 is 16.8 Å². The van der Waals surface area contributed by atoms with Crippen molar-refractivity contribution in [3.8, 4) is 0 Å². The lowest BCUT2D eigenvalue weighted by molar-refractivity contribution is 0.529. The first-order chi connectivity index (χ1) is 11.4. The summed E-state index contributed by atoms with van der Waals surface area (Å²) < 4.78 is 49.7. The van der Waals surface area contributed by atoms with Gasteiger partial charge in [-0.2, -0.15) is 0 Å². The summed E-state index contributed by atoms with van der Waals surface area (Å²) in [7, 11) is -6.98. The number of thiophene rings is 1. The van der Waals surface area contributed by atoms with Gasteiger partial charge in [-0.1, -0.05) is 36.4 Å². The van der Waals surface area contributed by atoms with Gasteiger partial charge in [0.25, 0.3) is 0 Å². The third kappa shape index (κ3) is 3.88. The van der Waals surface area contributed by atoms with Crippen LogP contribution in [0.15, 0.2) is 52.1 Å². The highest BCUT2D eigenvalue weighted by atomic mass is 32.2. The van der Waals surface area contributed by atoms with Crippen LogP contribution in [-0.4, -0.2) is 46.2 Å². The third-order valence-electron chi connectivity index (χ3n) is 4.14. The fourth-order valence-electron chi connectivity index (χ4n) is 2.93. The monoisotopic (exact) mass is 385 g/mol. The standard InChI is InChI=1S/C16H19NO4S3/c18-23(19)11-14(17-9-8-13-5-2-1-3-6-13)15(12-23)24(20,21)16-7-4-10-22-16/h1-7,10,14-15,17H,8-9,11-12H2/t14-,15-/m0/s1. The molecule has 0 unspecified atom stereocenters. The summed E-state index contributed by atoms with van der Waals surface area (Å²) in [5, 5.41) is 3.92. The summed E-state index contributed by atoms with van der Waals surface area (Å²) in [6.07, 6.45) is 0.725. The van der Waals surface area contributed by atoms with Crippen LogP contribution >= 0.6 is 11.3 Å². The highest BCUT2D eigenvalue weighted by Crippen LogP contribution is 2.28. The van der Waals surface area contributed by atoms with E-state index in [1.165, 1.54) is 6.07 Å². The van der Waals surface area contributed by atoms with Gasteiger partial charge in [-0.25, -0.2) is 16.8 Å². The zero-order valence-corrected chi connectivity index (χ0v) is 15.4. The van der Waals surface area contributed by atoms with E-state index < -0.39 is 31.0 Å². The van der Waals surface area contributed by atoms with Crippen LogP contribution in [0.25, 0.3) is 0 Å². The molecule has 0 bridgehead atoms. The van der Waals surface area contributed by atoms with Gasteiger partial charge in [0.2, 0.25) is 0 Å². The average Bonchev–Trinajstić information content (AvgIpc) is 3.17. The number of rotatable bonds is 6. The number of hydrogen-bond donors (Lipinski definition) is 1. The van der Waals surface area contributed by atoms with Crippen molar-refractivity contribution in [1.82, 2.24) is 5.32 Å². The predicted molar refractivity (Wildman–Crippen MR) is 95.9 cm³/mol. The van der Waals surface area contributed by atoms with Crippen LogP contribution in [0.2, 0.25) is 0 Å². The lowest BCUT2D eigenvalue weighted by Gasteiger charge is -2.19. The van der Waals surface area contributed by atoms with Gasteiger partial charge in [0, 0.05) is 6.04 Å². The Kier molecular flexibility index (Phi) is 5.10.